The van der Waals surface area contributed by atoms with E-state index in [0.29, 0.717) is 6.04 Å². The van der Waals surface area contributed by atoms with Gasteiger partial charge in [-0.1, -0.05) is 0 Å². The first-order chi connectivity index (χ1) is 8.75. The third-order valence-corrected chi connectivity index (χ3v) is 4.10. The van der Waals surface area contributed by atoms with E-state index in [0.717, 1.165) is 44.3 Å². The van der Waals surface area contributed by atoms with Crippen LogP contribution in [-0.4, -0.2) is 29.9 Å². The van der Waals surface area contributed by atoms with E-state index in [9.17, 15) is 4.79 Å². The summed E-state index contributed by atoms with van der Waals surface area (Å²) in [5, 5.41) is 3.38. The van der Waals surface area contributed by atoms with Crippen molar-refractivity contribution in [2.45, 2.75) is 38.6 Å². The Hall–Kier alpha value is -1.51. The highest BCUT2D eigenvalue weighted by Gasteiger charge is 2.26. The van der Waals surface area contributed by atoms with E-state index in [-0.39, 0.29) is 5.91 Å². The van der Waals surface area contributed by atoms with Gasteiger partial charge >= 0.3 is 0 Å². The van der Waals surface area contributed by atoms with Gasteiger partial charge in [0.25, 0.3) is 5.91 Å². The van der Waals surface area contributed by atoms with Gasteiger partial charge in [-0.3, -0.25) is 4.79 Å². The number of fused-ring (bicyclic) bond motifs is 1. The first kappa shape index (κ1) is 11.6. The van der Waals surface area contributed by atoms with E-state index in [1.165, 1.54) is 11.3 Å². The predicted molar refractivity (Wildman–Crippen MR) is 73.0 cm³/mol. The monoisotopic (exact) mass is 244 g/mol. The zero-order chi connectivity index (χ0) is 12.5. The zero-order valence-electron chi connectivity index (χ0n) is 10.9. The second kappa shape index (κ2) is 4.63. The Balaban J connectivity index is 1.85. The molecule has 2 aliphatic heterocycles. The van der Waals surface area contributed by atoms with E-state index in [4.69, 9.17) is 0 Å². The fourth-order valence-corrected chi connectivity index (χ4v) is 3.01. The van der Waals surface area contributed by atoms with Crippen LogP contribution in [0.5, 0.6) is 0 Å². The molecule has 1 aromatic carbocycles. The van der Waals surface area contributed by atoms with Gasteiger partial charge in [0.1, 0.15) is 0 Å². The topological polar surface area (TPSA) is 32.3 Å². The lowest BCUT2D eigenvalue weighted by molar-refractivity contribution is 0.0747. The van der Waals surface area contributed by atoms with E-state index in [1.807, 2.05) is 11.0 Å². The molecule has 0 radical (unpaired) electrons. The zero-order valence-corrected chi connectivity index (χ0v) is 10.9. The number of nitrogens with zero attached hydrogens (tertiary/aromatic N) is 1. The molecule has 3 nitrogen and oxygen atoms in total. The van der Waals surface area contributed by atoms with E-state index < -0.39 is 0 Å². The van der Waals surface area contributed by atoms with Crippen LogP contribution in [-0.2, 0) is 6.42 Å². The maximum atomic E-state index is 12.4. The minimum Gasteiger partial charge on any atom is -0.385 e. The van der Waals surface area contributed by atoms with Gasteiger partial charge in [0.05, 0.1) is 0 Å². The smallest absolute Gasteiger partial charge is 0.254 e. The minimum absolute atomic E-state index is 0.202. The van der Waals surface area contributed by atoms with Gasteiger partial charge < -0.3 is 10.2 Å². The first-order valence-electron chi connectivity index (χ1n) is 6.93. The summed E-state index contributed by atoms with van der Waals surface area (Å²) in [7, 11) is 0. The van der Waals surface area contributed by atoms with Gasteiger partial charge in [-0.05, 0) is 56.4 Å². The quantitative estimate of drug-likeness (QED) is 0.823. The van der Waals surface area contributed by atoms with E-state index in [1.54, 1.807) is 0 Å². The fourth-order valence-electron chi connectivity index (χ4n) is 3.01. The third kappa shape index (κ3) is 1.98. The van der Waals surface area contributed by atoms with Crippen LogP contribution in [0.2, 0.25) is 0 Å². The van der Waals surface area contributed by atoms with Crippen LogP contribution in [0.4, 0.5) is 5.69 Å². The average Bonchev–Trinajstić information content (AvgIpc) is 2.83. The Morgan fingerprint density at radius 3 is 3.06 bits per heavy atom. The highest BCUT2D eigenvalue weighted by molar-refractivity contribution is 5.95. The summed E-state index contributed by atoms with van der Waals surface area (Å²) in [6, 6.07) is 6.49. The number of hydrogen-bond donors (Lipinski definition) is 1. The molecule has 1 N–H and O–H groups in total. The number of hydrogen-bond acceptors (Lipinski definition) is 2. The van der Waals surface area contributed by atoms with Gasteiger partial charge in [0.2, 0.25) is 0 Å². The molecule has 2 aliphatic rings. The number of anilines is 1. The summed E-state index contributed by atoms with van der Waals surface area (Å²) in [5.74, 6) is 0.202. The summed E-state index contributed by atoms with van der Waals surface area (Å²) in [5.41, 5.74) is 3.34. The van der Waals surface area contributed by atoms with Crippen LogP contribution in [0.3, 0.4) is 0 Å². The molecule has 1 saturated heterocycles. The summed E-state index contributed by atoms with van der Waals surface area (Å²) in [6.07, 6.45) is 4.52. The van der Waals surface area contributed by atoms with Crippen LogP contribution in [0.15, 0.2) is 18.2 Å². The summed E-state index contributed by atoms with van der Waals surface area (Å²) in [4.78, 5) is 14.5. The number of carbonyl (C=O) groups excluding carboxylic acids is 1. The molecule has 1 amide bonds. The van der Waals surface area contributed by atoms with Crippen molar-refractivity contribution in [1.82, 2.24) is 4.90 Å². The molecule has 1 unspecified atom stereocenters. The number of benzene rings is 1. The van der Waals surface area contributed by atoms with Crippen molar-refractivity contribution in [3.05, 3.63) is 29.3 Å². The molecule has 3 heteroatoms. The molecule has 0 spiro atoms. The highest BCUT2D eigenvalue weighted by Crippen LogP contribution is 2.25. The van der Waals surface area contributed by atoms with Crippen molar-refractivity contribution in [3.8, 4) is 0 Å². The largest absolute Gasteiger partial charge is 0.385 e. The number of amides is 1. The van der Waals surface area contributed by atoms with Crippen molar-refractivity contribution in [2.24, 2.45) is 0 Å². The summed E-state index contributed by atoms with van der Waals surface area (Å²) < 4.78 is 0. The Morgan fingerprint density at radius 2 is 2.28 bits per heavy atom. The van der Waals surface area contributed by atoms with Gasteiger partial charge in [-0.25, -0.2) is 0 Å². The Kier molecular flexibility index (Phi) is 2.98. The highest BCUT2D eigenvalue weighted by atomic mass is 16.2. The SMILES string of the molecule is CC1CCCN1C(=O)c1ccc2c(c1)CCCN2. The first-order valence-corrected chi connectivity index (χ1v) is 6.93. The normalized spacial score (nSPS) is 22.5. The molecule has 0 saturated carbocycles. The molecule has 1 fully saturated rings. The molecule has 0 aromatic heterocycles. The summed E-state index contributed by atoms with van der Waals surface area (Å²) in [6.45, 7) is 4.10. The number of aryl methyl sites for hydroxylation is 1. The second-order valence-corrected chi connectivity index (χ2v) is 5.39. The number of nitrogens with one attached hydrogen (secondary N) is 1. The lowest BCUT2D eigenvalue weighted by atomic mass is 10.0. The molecule has 0 aliphatic carbocycles. The number of carbonyl (C=O) groups is 1. The van der Waals surface area contributed by atoms with Crippen LogP contribution >= 0.6 is 0 Å². The van der Waals surface area contributed by atoms with E-state index in [2.05, 4.69) is 24.4 Å². The number of likely N-dealkylation sites (tertiary alicyclic amines) is 1. The van der Waals surface area contributed by atoms with Crippen LogP contribution in [0.1, 0.15) is 42.1 Å². The lowest BCUT2D eigenvalue weighted by Gasteiger charge is -2.23. The van der Waals surface area contributed by atoms with Crippen molar-refractivity contribution in [3.63, 3.8) is 0 Å². The van der Waals surface area contributed by atoms with Crippen molar-refractivity contribution in [2.75, 3.05) is 18.4 Å². The maximum absolute atomic E-state index is 12.4. The van der Waals surface area contributed by atoms with Crippen LogP contribution in [0, 0.1) is 0 Å². The van der Waals surface area contributed by atoms with Gasteiger partial charge in [-0.15, -0.1) is 0 Å². The summed E-state index contributed by atoms with van der Waals surface area (Å²) >= 11 is 0. The van der Waals surface area contributed by atoms with E-state index >= 15 is 0 Å². The minimum atomic E-state index is 0.202. The molecule has 18 heavy (non-hydrogen) atoms. The van der Waals surface area contributed by atoms with Crippen LogP contribution in [0.25, 0.3) is 0 Å². The maximum Gasteiger partial charge on any atom is 0.254 e. The Labute approximate surface area is 108 Å². The lowest BCUT2D eigenvalue weighted by Crippen LogP contribution is -2.33. The van der Waals surface area contributed by atoms with Crippen molar-refractivity contribution in [1.29, 1.82) is 0 Å². The molecule has 3 rings (SSSR count). The van der Waals surface area contributed by atoms with Crippen molar-refractivity contribution >= 4 is 11.6 Å². The third-order valence-electron chi connectivity index (χ3n) is 4.10. The van der Waals surface area contributed by atoms with Crippen LogP contribution < -0.4 is 5.32 Å². The molecule has 0 bridgehead atoms. The van der Waals surface area contributed by atoms with Gasteiger partial charge in [0, 0.05) is 30.4 Å². The molecule has 2 heterocycles. The standard InChI is InChI=1S/C15H20N2O/c1-11-4-3-9-17(11)15(18)13-6-7-14-12(10-13)5-2-8-16-14/h6-7,10-11,16H,2-5,8-9H2,1H3. The van der Waals surface area contributed by atoms with Gasteiger partial charge in [-0.2, -0.15) is 0 Å². The second-order valence-electron chi connectivity index (χ2n) is 5.39. The molecule has 96 valence electrons. The van der Waals surface area contributed by atoms with Gasteiger partial charge in [0.15, 0.2) is 0 Å². The molecule has 1 atom stereocenters. The fraction of sp³-hybridized carbons (Fsp3) is 0.533. The molecular formula is C15H20N2O. The molecule has 1 aromatic rings. The number of rotatable bonds is 1. The van der Waals surface area contributed by atoms with Crippen molar-refractivity contribution < 1.29 is 4.79 Å². The Morgan fingerprint density at radius 1 is 1.39 bits per heavy atom. The Bertz CT molecular complexity index is 470. The predicted octanol–water partition coefficient (Wildman–Crippen LogP) is 2.67. The average molecular weight is 244 g/mol. The molecular weight excluding hydrogens is 224 g/mol.